The number of nitrogens with zero attached hydrogens (tertiary/aromatic N) is 3. The van der Waals surface area contributed by atoms with Gasteiger partial charge in [-0.05, 0) is 80.8 Å². The van der Waals surface area contributed by atoms with E-state index in [2.05, 4.69) is 42.7 Å². The Balaban J connectivity index is 1.32. The molecule has 1 amide bonds. The van der Waals surface area contributed by atoms with Crippen molar-refractivity contribution in [1.82, 2.24) is 9.55 Å². The van der Waals surface area contributed by atoms with E-state index in [0.717, 1.165) is 52.6 Å². The first kappa shape index (κ1) is 23.9. The van der Waals surface area contributed by atoms with E-state index in [1.54, 1.807) is 0 Å². The Kier molecular flexibility index (Phi) is 6.94. The number of aryl methyl sites for hydroxylation is 3. The fourth-order valence-corrected chi connectivity index (χ4v) is 4.93. The molecule has 6 nitrogen and oxygen atoms in total. The van der Waals surface area contributed by atoms with Gasteiger partial charge in [-0.3, -0.25) is 4.79 Å². The molecule has 0 bridgehead atoms. The van der Waals surface area contributed by atoms with Gasteiger partial charge in [0.15, 0.2) is 0 Å². The minimum Gasteiger partial charge on any atom is -0.494 e. The number of hydrogen-bond donors (Lipinski definition) is 0. The minimum atomic E-state index is 0.0383. The third kappa shape index (κ3) is 4.94. The lowest BCUT2D eigenvalue weighted by Crippen LogP contribution is -2.24. The highest BCUT2D eigenvalue weighted by Gasteiger charge is 2.34. The maximum Gasteiger partial charge on any atom is 0.227 e. The molecule has 0 N–H and O–H groups in total. The van der Waals surface area contributed by atoms with Gasteiger partial charge in [-0.2, -0.15) is 0 Å². The molecule has 1 fully saturated rings. The molecule has 1 aromatic heterocycles. The van der Waals surface area contributed by atoms with Crippen molar-refractivity contribution in [2.24, 2.45) is 0 Å². The number of amides is 1. The number of hydrogen-bond acceptors (Lipinski definition) is 4. The maximum absolute atomic E-state index is 13.0. The lowest BCUT2D eigenvalue weighted by atomic mass is 10.1. The fourth-order valence-electron chi connectivity index (χ4n) is 4.93. The van der Waals surface area contributed by atoms with Crippen LogP contribution in [0.25, 0.3) is 11.0 Å². The lowest BCUT2D eigenvalue weighted by molar-refractivity contribution is -0.117. The minimum absolute atomic E-state index is 0.0383. The SMILES string of the molecule is CCOc1ccc(N2C[C@H](c3nc4ccccc4n3CCCOc3cc(C)ccc3C)CC2=O)cc1. The van der Waals surface area contributed by atoms with Gasteiger partial charge in [0.05, 0.1) is 24.2 Å². The van der Waals surface area contributed by atoms with Crippen LogP contribution >= 0.6 is 0 Å². The van der Waals surface area contributed by atoms with Gasteiger partial charge in [-0.25, -0.2) is 4.98 Å². The molecule has 5 rings (SSSR count). The molecule has 36 heavy (non-hydrogen) atoms. The van der Waals surface area contributed by atoms with Crippen LogP contribution in [0.3, 0.4) is 0 Å². The topological polar surface area (TPSA) is 56.6 Å². The van der Waals surface area contributed by atoms with Crippen molar-refractivity contribution in [2.45, 2.75) is 46.1 Å². The van der Waals surface area contributed by atoms with Crippen LogP contribution in [0.4, 0.5) is 5.69 Å². The predicted molar refractivity (Wildman–Crippen MR) is 143 cm³/mol. The predicted octanol–water partition coefficient (Wildman–Crippen LogP) is 6.04. The molecule has 2 heterocycles. The van der Waals surface area contributed by atoms with Crippen molar-refractivity contribution in [2.75, 3.05) is 24.7 Å². The van der Waals surface area contributed by atoms with Crippen LogP contribution in [0.15, 0.2) is 66.7 Å². The summed E-state index contributed by atoms with van der Waals surface area (Å²) in [6, 6.07) is 22.3. The van der Waals surface area contributed by atoms with Gasteiger partial charge in [-0.1, -0.05) is 24.3 Å². The molecule has 0 radical (unpaired) electrons. The lowest BCUT2D eigenvalue weighted by Gasteiger charge is -2.18. The average Bonchev–Trinajstić information content (AvgIpc) is 3.45. The molecular weight excluding hydrogens is 450 g/mol. The van der Waals surface area contributed by atoms with Crippen LogP contribution in [0.2, 0.25) is 0 Å². The summed E-state index contributed by atoms with van der Waals surface area (Å²) in [6.07, 6.45) is 1.31. The maximum atomic E-state index is 13.0. The van der Waals surface area contributed by atoms with Crippen molar-refractivity contribution in [3.05, 3.63) is 83.7 Å². The van der Waals surface area contributed by atoms with Crippen molar-refractivity contribution < 1.29 is 14.3 Å². The van der Waals surface area contributed by atoms with Crippen molar-refractivity contribution >= 4 is 22.6 Å². The number of carbonyl (C=O) groups is 1. The van der Waals surface area contributed by atoms with Gasteiger partial charge in [0.1, 0.15) is 17.3 Å². The summed E-state index contributed by atoms with van der Waals surface area (Å²) in [5.74, 6) is 2.90. The molecule has 4 aromatic rings. The highest BCUT2D eigenvalue weighted by atomic mass is 16.5. The third-order valence-electron chi connectivity index (χ3n) is 6.76. The summed E-state index contributed by atoms with van der Waals surface area (Å²) in [5.41, 5.74) is 5.31. The molecule has 1 saturated heterocycles. The van der Waals surface area contributed by atoms with Crippen LogP contribution < -0.4 is 14.4 Å². The first-order chi connectivity index (χ1) is 17.5. The number of benzene rings is 3. The van der Waals surface area contributed by atoms with Crippen molar-refractivity contribution in [1.29, 1.82) is 0 Å². The number of imidazole rings is 1. The van der Waals surface area contributed by atoms with Crippen LogP contribution in [0, 0.1) is 13.8 Å². The van der Waals surface area contributed by atoms with Crippen LogP contribution in [0.1, 0.15) is 42.6 Å². The van der Waals surface area contributed by atoms with Crippen molar-refractivity contribution in [3.63, 3.8) is 0 Å². The van der Waals surface area contributed by atoms with E-state index in [-0.39, 0.29) is 11.8 Å². The van der Waals surface area contributed by atoms with E-state index in [1.807, 2.05) is 54.3 Å². The van der Waals surface area contributed by atoms with Gasteiger partial charge >= 0.3 is 0 Å². The number of ether oxygens (including phenoxy) is 2. The molecule has 3 aromatic carbocycles. The second kappa shape index (κ2) is 10.4. The standard InChI is InChI=1S/C30H33N3O3/c1-4-35-25-14-12-24(13-15-25)33-20-23(19-29(33)34)30-31-26-8-5-6-9-27(26)32(30)16-7-17-36-28-18-21(2)10-11-22(28)3/h5-6,8-15,18,23H,4,7,16-17,19-20H2,1-3H3/t23-/m1/s1. The summed E-state index contributed by atoms with van der Waals surface area (Å²) < 4.78 is 13.9. The molecule has 6 heteroatoms. The van der Waals surface area contributed by atoms with Gasteiger partial charge < -0.3 is 18.9 Å². The first-order valence-corrected chi connectivity index (χ1v) is 12.7. The molecule has 1 aliphatic rings. The molecule has 0 saturated carbocycles. The van der Waals surface area contributed by atoms with Crippen molar-refractivity contribution in [3.8, 4) is 11.5 Å². The Bertz CT molecular complexity index is 1360. The Hall–Kier alpha value is -3.80. The normalized spacial score (nSPS) is 15.6. The zero-order chi connectivity index (χ0) is 25.1. The summed E-state index contributed by atoms with van der Waals surface area (Å²) >= 11 is 0. The van der Waals surface area contributed by atoms with E-state index >= 15 is 0 Å². The quantitative estimate of drug-likeness (QED) is 0.272. The Morgan fingerprint density at radius 3 is 2.61 bits per heavy atom. The van der Waals surface area contributed by atoms with Gasteiger partial charge in [0.2, 0.25) is 5.91 Å². The Morgan fingerprint density at radius 2 is 1.81 bits per heavy atom. The Labute approximate surface area is 212 Å². The second-order valence-corrected chi connectivity index (χ2v) is 9.41. The largest absolute Gasteiger partial charge is 0.494 e. The number of fused-ring (bicyclic) bond motifs is 1. The van der Waals surface area contributed by atoms with Gasteiger partial charge in [-0.15, -0.1) is 0 Å². The molecular formula is C30H33N3O3. The summed E-state index contributed by atoms with van der Waals surface area (Å²) in [5, 5.41) is 0. The van der Waals surface area contributed by atoms with Crippen LogP contribution in [-0.4, -0.2) is 35.2 Å². The Morgan fingerprint density at radius 1 is 1.00 bits per heavy atom. The average molecular weight is 484 g/mol. The molecule has 1 aliphatic heterocycles. The van der Waals surface area contributed by atoms with Gasteiger partial charge in [0.25, 0.3) is 0 Å². The summed E-state index contributed by atoms with van der Waals surface area (Å²) in [7, 11) is 0. The van der Waals surface area contributed by atoms with E-state index in [9.17, 15) is 4.79 Å². The molecule has 0 spiro atoms. The summed E-state index contributed by atoms with van der Waals surface area (Å²) in [6.45, 7) is 8.77. The second-order valence-electron chi connectivity index (χ2n) is 9.41. The fraction of sp³-hybridized carbons (Fsp3) is 0.333. The number of carbonyl (C=O) groups excluding carboxylic acids is 1. The highest BCUT2D eigenvalue weighted by Crippen LogP contribution is 2.34. The molecule has 186 valence electrons. The zero-order valence-electron chi connectivity index (χ0n) is 21.2. The number of anilines is 1. The smallest absolute Gasteiger partial charge is 0.227 e. The van der Waals surface area contributed by atoms with Crippen LogP contribution in [0.5, 0.6) is 11.5 Å². The number of rotatable bonds is 9. The van der Waals surface area contributed by atoms with Crippen LogP contribution in [-0.2, 0) is 11.3 Å². The summed E-state index contributed by atoms with van der Waals surface area (Å²) in [4.78, 5) is 19.9. The first-order valence-electron chi connectivity index (χ1n) is 12.7. The van der Waals surface area contributed by atoms with Gasteiger partial charge in [0, 0.05) is 31.1 Å². The monoisotopic (exact) mass is 483 g/mol. The van der Waals surface area contributed by atoms with E-state index in [0.29, 0.717) is 26.2 Å². The molecule has 0 unspecified atom stereocenters. The highest BCUT2D eigenvalue weighted by molar-refractivity contribution is 5.96. The zero-order valence-corrected chi connectivity index (χ0v) is 21.2. The van der Waals surface area contributed by atoms with E-state index in [4.69, 9.17) is 14.5 Å². The third-order valence-corrected chi connectivity index (χ3v) is 6.76. The molecule has 0 aliphatic carbocycles. The van der Waals surface area contributed by atoms with E-state index < -0.39 is 0 Å². The van der Waals surface area contributed by atoms with E-state index in [1.165, 1.54) is 5.56 Å². The molecule has 1 atom stereocenters. The number of aromatic nitrogens is 2. The number of para-hydroxylation sites is 2.